The van der Waals surface area contributed by atoms with Gasteiger partial charge in [0.25, 0.3) is 0 Å². The minimum Gasteiger partial charge on any atom is -0.349 e. The van der Waals surface area contributed by atoms with E-state index in [0.717, 1.165) is 44.3 Å². The van der Waals surface area contributed by atoms with Crippen LogP contribution in [0.3, 0.4) is 0 Å². The van der Waals surface area contributed by atoms with Gasteiger partial charge in [0.15, 0.2) is 0 Å². The van der Waals surface area contributed by atoms with Gasteiger partial charge in [0.2, 0.25) is 5.70 Å². The lowest BCUT2D eigenvalue weighted by Gasteiger charge is -2.07. The summed E-state index contributed by atoms with van der Waals surface area (Å²) in [5.41, 5.74) is 6.62. The first kappa shape index (κ1) is 17.6. The van der Waals surface area contributed by atoms with E-state index in [1.807, 2.05) is 76.5 Å². The molecule has 2 heterocycles. The van der Waals surface area contributed by atoms with Crippen molar-refractivity contribution in [2.45, 2.75) is 13.8 Å². The van der Waals surface area contributed by atoms with Crippen LogP contribution in [0.15, 0.2) is 48.5 Å². The van der Waals surface area contributed by atoms with E-state index in [2.05, 4.69) is 20.0 Å². The number of aryl methyl sites for hydroxylation is 2. The number of nitrogens with zero attached hydrogens (tertiary/aromatic N) is 4. The van der Waals surface area contributed by atoms with E-state index < -0.39 is 0 Å². The van der Waals surface area contributed by atoms with Gasteiger partial charge in [0, 0.05) is 53.0 Å². The molecule has 0 fully saturated rings. The minimum absolute atomic E-state index is 0.413. The minimum atomic E-state index is 0.413. The zero-order valence-corrected chi connectivity index (χ0v) is 16.4. The summed E-state index contributed by atoms with van der Waals surface area (Å²) in [5, 5.41) is 12.1. The molecule has 0 atom stereocenters. The molecule has 0 saturated heterocycles. The fourth-order valence-corrected chi connectivity index (χ4v) is 4.12. The molecule has 0 saturated carbocycles. The van der Waals surface area contributed by atoms with E-state index in [0.29, 0.717) is 11.3 Å². The molecular weight excluding hydrogens is 344 g/mol. The van der Waals surface area contributed by atoms with Crippen LogP contribution in [0.25, 0.3) is 37.9 Å². The summed E-state index contributed by atoms with van der Waals surface area (Å²) in [5.74, 6) is 0. The van der Waals surface area contributed by atoms with Gasteiger partial charge in [-0.05, 0) is 31.4 Å². The first-order chi connectivity index (χ1) is 13.5. The predicted octanol–water partition coefficient (Wildman–Crippen LogP) is 5.60. The zero-order valence-electron chi connectivity index (χ0n) is 16.4. The highest BCUT2D eigenvalue weighted by Crippen LogP contribution is 2.39. The van der Waals surface area contributed by atoms with Gasteiger partial charge in [0.1, 0.15) is 0 Å². The summed E-state index contributed by atoms with van der Waals surface area (Å²) in [4.78, 5) is 3.87. The van der Waals surface area contributed by atoms with Crippen molar-refractivity contribution in [1.82, 2.24) is 9.13 Å². The number of rotatable bonds is 2. The second-order valence-corrected chi connectivity index (χ2v) is 7.02. The van der Waals surface area contributed by atoms with Gasteiger partial charge in [-0.2, -0.15) is 5.26 Å². The van der Waals surface area contributed by atoms with Crippen molar-refractivity contribution in [1.29, 1.82) is 5.26 Å². The average Bonchev–Trinajstić information content (AvgIpc) is 3.12. The van der Waals surface area contributed by atoms with Crippen LogP contribution in [-0.4, -0.2) is 9.13 Å². The first-order valence-electron chi connectivity index (χ1n) is 9.11. The first-order valence-corrected chi connectivity index (χ1v) is 9.11. The standard InChI is InChI=1S/C24H20N4/c1-15-22(17-10-6-8-12-20(17)27(15)4)19(14-25)24(26-3)23-16(2)28(5)21-13-9-7-11-18(21)23/h6-13H,1-2,4-5H3/b24-19+. The SMILES string of the molecule is [C-]#[N+]/C(=C(\C#N)c1c(C)n(C)c2ccccc12)c1c(C)n(C)c2ccccc12. The number of hydrogen-bond donors (Lipinski definition) is 0. The maximum Gasteiger partial charge on any atom is 0.214 e. The third-order valence-corrected chi connectivity index (χ3v) is 5.75. The lowest BCUT2D eigenvalue weighted by molar-refractivity contribution is 0.914. The molecule has 4 heteroatoms. The Labute approximate surface area is 164 Å². The van der Waals surface area contributed by atoms with Gasteiger partial charge in [-0.1, -0.05) is 36.4 Å². The highest BCUT2D eigenvalue weighted by molar-refractivity contribution is 6.11. The van der Waals surface area contributed by atoms with Crippen LogP contribution in [0.2, 0.25) is 0 Å². The molecule has 2 aromatic carbocycles. The molecule has 0 bridgehead atoms. The van der Waals surface area contributed by atoms with Crippen LogP contribution in [0.4, 0.5) is 0 Å². The molecule has 28 heavy (non-hydrogen) atoms. The van der Waals surface area contributed by atoms with Crippen molar-refractivity contribution in [3.8, 4) is 6.07 Å². The van der Waals surface area contributed by atoms with Gasteiger partial charge in [-0.25, -0.2) is 4.85 Å². The number of allylic oxidation sites excluding steroid dienone is 1. The molecule has 4 aromatic rings. The molecule has 0 N–H and O–H groups in total. The summed E-state index contributed by atoms with van der Waals surface area (Å²) >= 11 is 0. The van der Waals surface area contributed by atoms with Crippen molar-refractivity contribution >= 4 is 33.1 Å². The van der Waals surface area contributed by atoms with E-state index in [1.54, 1.807) is 0 Å². The Morgan fingerprint density at radius 1 is 0.857 bits per heavy atom. The average molecular weight is 364 g/mol. The third kappa shape index (κ3) is 2.29. The lowest BCUT2D eigenvalue weighted by Crippen LogP contribution is -1.95. The Bertz CT molecular complexity index is 1260. The summed E-state index contributed by atoms with van der Waals surface area (Å²) in [6.07, 6.45) is 0. The van der Waals surface area contributed by atoms with Gasteiger partial charge >= 0.3 is 0 Å². The molecule has 0 unspecified atom stereocenters. The molecule has 136 valence electrons. The summed E-state index contributed by atoms with van der Waals surface area (Å²) in [7, 11) is 3.99. The topological polar surface area (TPSA) is 38.0 Å². The largest absolute Gasteiger partial charge is 0.349 e. The Morgan fingerprint density at radius 3 is 1.82 bits per heavy atom. The van der Waals surface area contributed by atoms with Crippen molar-refractivity contribution in [2.75, 3.05) is 0 Å². The second-order valence-electron chi connectivity index (χ2n) is 7.02. The fraction of sp³-hybridized carbons (Fsp3) is 0.167. The van der Waals surface area contributed by atoms with Crippen molar-refractivity contribution < 1.29 is 0 Å². The Hall–Kier alpha value is -3.76. The van der Waals surface area contributed by atoms with E-state index in [1.165, 1.54) is 0 Å². The monoisotopic (exact) mass is 364 g/mol. The van der Waals surface area contributed by atoms with Gasteiger partial charge in [-0.15, -0.1) is 0 Å². The zero-order chi connectivity index (χ0) is 20.0. The number of nitriles is 1. The number of hydrogen-bond acceptors (Lipinski definition) is 1. The van der Waals surface area contributed by atoms with E-state index in [4.69, 9.17) is 6.57 Å². The normalized spacial score (nSPS) is 12.1. The summed E-state index contributed by atoms with van der Waals surface area (Å²) in [6.45, 7) is 12.0. The number of benzene rings is 2. The molecule has 4 rings (SSSR count). The smallest absolute Gasteiger partial charge is 0.214 e. The van der Waals surface area contributed by atoms with Crippen molar-refractivity contribution in [3.63, 3.8) is 0 Å². The molecule has 0 spiro atoms. The van der Waals surface area contributed by atoms with Gasteiger partial charge in [-0.3, -0.25) is 0 Å². The molecular formula is C24H20N4. The van der Waals surface area contributed by atoms with Crippen LogP contribution in [0.5, 0.6) is 0 Å². The van der Waals surface area contributed by atoms with Crippen LogP contribution < -0.4 is 0 Å². The molecule has 0 aliphatic rings. The molecule has 0 aliphatic carbocycles. The second kappa shape index (κ2) is 6.44. The lowest BCUT2D eigenvalue weighted by atomic mass is 9.96. The summed E-state index contributed by atoms with van der Waals surface area (Å²) < 4.78 is 4.17. The van der Waals surface area contributed by atoms with E-state index in [-0.39, 0.29) is 0 Å². The maximum absolute atomic E-state index is 10.1. The number of para-hydroxylation sites is 2. The van der Waals surface area contributed by atoms with Crippen LogP contribution in [0, 0.1) is 31.8 Å². The number of fused-ring (bicyclic) bond motifs is 2. The van der Waals surface area contributed by atoms with Gasteiger partial charge < -0.3 is 9.13 Å². The Balaban J connectivity index is 2.16. The highest BCUT2D eigenvalue weighted by Gasteiger charge is 2.23. The Kier molecular flexibility index (Phi) is 4.06. The van der Waals surface area contributed by atoms with Crippen molar-refractivity contribution in [3.05, 3.63) is 82.5 Å². The van der Waals surface area contributed by atoms with Crippen LogP contribution >= 0.6 is 0 Å². The van der Waals surface area contributed by atoms with E-state index in [9.17, 15) is 5.26 Å². The Morgan fingerprint density at radius 2 is 1.32 bits per heavy atom. The molecule has 4 nitrogen and oxygen atoms in total. The number of aromatic nitrogens is 2. The summed E-state index contributed by atoms with van der Waals surface area (Å²) in [6, 6.07) is 18.4. The van der Waals surface area contributed by atoms with Crippen molar-refractivity contribution in [2.24, 2.45) is 14.1 Å². The molecule has 2 aromatic heterocycles. The van der Waals surface area contributed by atoms with Crippen LogP contribution in [0.1, 0.15) is 22.5 Å². The maximum atomic E-state index is 10.1. The predicted molar refractivity (Wildman–Crippen MR) is 114 cm³/mol. The van der Waals surface area contributed by atoms with Gasteiger partial charge in [0.05, 0.1) is 18.2 Å². The van der Waals surface area contributed by atoms with Crippen LogP contribution in [-0.2, 0) is 14.1 Å². The molecule has 0 radical (unpaired) electrons. The fourth-order valence-electron chi connectivity index (χ4n) is 4.12. The molecule has 0 aliphatic heterocycles. The highest BCUT2D eigenvalue weighted by atomic mass is 15.0. The van der Waals surface area contributed by atoms with E-state index >= 15 is 0 Å². The third-order valence-electron chi connectivity index (χ3n) is 5.75. The molecule has 0 amide bonds. The quantitative estimate of drug-likeness (QED) is 0.337.